The molecule has 0 aliphatic carbocycles. The number of benzene rings is 2. The molecule has 8 heteroatoms. The van der Waals surface area contributed by atoms with Crippen LogP contribution in [0.1, 0.15) is 16.7 Å². The molecule has 1 heterocycles. The normalized spacial score (nSPS) is 15.0. The largest absolute Gasteiger partial charge is 0.491 e. The Morgan fingerprint density at radius 2 is 1.87 bits per heavy atom. The van der Waals surface area contributed by atoms with E-state index in [4.69, 9.17) is 14.6 Å². The molecule has 2 aromatic carbocycles. The first-order valence-electron chi connectivity index (χ1n) is 9.24. The fraction of sp³-hybridized carbons (Fsp3) is 0.227. The first-order chi connectivity index (χ1) is 14.3. The van der Waals surface area contributed by atoms with Crippen molar-refractivity contribution in [3.63, 3.8) is 0 Å². The van der Waals surface area contributed by atoms with Crippen LogP contribution in [0.25, 0.3) is 6.08 Å². The minimum Gasteiger partial charge on any atom is -0.491 e. The fourth-order valence-electron chi connectivity index (χ4n) is 2.81. The summed E-state index contributed by atoms with van der Waals surface area (Å²) >= 11 is 0.833. The second-order valence-corrected chi connectivity index (χ2v) is 7.66. The Hall–Kier alpha value is -3.26. The lowest BCUT2D eigenvalue weighted by Crippen LogP contribution is -2.32. The van der Waals surface area contributed by atoms with Crippen LogP contribution in [0.3, 0.4) is 0 Å². The molecule has 3 rings (SSSR count). The summed E-state index contributed by atoms with van der Waals surface area (Å²) in [6.45, 7) is 3.72. The number of carboxylic acids is 1. The summed E-state index contributed by atoms with van der Waals surface area (Å²) in [6, 6.07) is 12.6. The number of hydrogen-bond acceptors (Lipinski definition) is 6. The molecule has 1 N–H and O–H groups in total. The van der Waals surface area contributed by atoms with E-state index in [1.165, 1.54) is 6.08 Å². The van der Waals surface area contributed by atoms with Crippen LogP contribution in [-0.2, 0) is 9.59 Å². The number of aryl methyl sites for hydroxylation is 2. The molecular weight excluding hydrogens is 406 g/mol. The minimum absolute atomic E-state index is 0.131. The Morgan fingerprint density at radius 3 is 2.63 bits per heavy atom. The zero-order chi connectivity index (χ0) is 21.7. The van der Waals surface area contributed by atoms with Gasteiger partial charge in [0.15, 0.2) is 6.61 Å². The molecular formula is C22H21NO6S. The molecule has 0 atom stereocenters. The molecule has 0 unspecified atom stereocenters. The van der Waals surface area contributed by atoms with E-state index in [1.807, 2.05) is 32.0 Å². The number of carbonyl (C=O) groups excluding carboxylic acids is 2. The lowest BCUT2D eigenvalue weighted by Gasteiger charge is -2.14. The Labute approximate surface area is 178 Å². The summed E-state index contributed by atoms with van der Waals surface area (Å²) in [5, 5.41) is 8.42. The Kier molecular flexibility index (Phi) is 6.79. The van der Waals surface area contributed by atoms with Gasteiger partial charge >= 0.3 is 5.97 Å². The highest BCUT2D eigenvalue weighted by Gasteiger charge is 2.35. The molecule has 1 fully saturated rings. The number of aliphatic carboxylic acids is 1. The first-order valence-corrected chi connectivity index (χ1v) is 10.1. The van der Waals surface area contributed by atoms with Gasteiger partial charge in [-0.2, -0.15) is 0 Å². The highest BCUT2D eigenvalue weighted by Crippen LogP contribution is 2.34. The van der Waals surface area contributed by atoms with Crippen molar-refractivity contribution in [3.8, 4) is 11.5 Å². The van der Waals surface area contributed by atoms with Gasteiger partial charge in [0.1, 0.15) is 18.1 Å². The predicted molar refractivity (Wildman–Crippen MR) is 114 cm³/mol. The predicted octanol–water partition coefficient (Wildman–Crippen LogP) is 3.88. The second kappa shape index (κ2) is 9.49. The van der Waals surface area contributed by atoms with E-state index in [1.54, 1.807) is 24.3 Å². The maximum atomic E-state index is 12.7. The van der Waals surface area contributed by atoms with Crippen LogP contribution in [0.2, 0.25) is 0 Å². The van der Waals surface area contributed by atoms with E-state index in [0.29, 0.717) is 11.3 Å². The number of amides is 2. The monoisotopic (exact) mass is 427 g/mol. The third-order valence-corrected chi connectivity index (χ3v) is 5.25. The number of ether oxygens (including phenoxy) is 2. The van der Waals surface area contributed by atoms with Gasteiger partial charge in [0.05, 0.1) is 11.4 Å². The SMILES string of the molecule is Cc1ccc(C)c(OCCN2C(=O)S/C(=C\c3ccccc3OCC(=O)O)C2=O)c1. The van der Waals surface area contributed by atoms with Crippen molar-refractivity contribution in [2.24, 2.45) is 0 Å². The quantitative estimate of drug-likeness (QED) is 0.639. The smallest absolute Gasteiger partial charge is 0.341 e. The topological polar surface area (TPSA) is 93.1 Å². The van der Waals surface area contributed by atoms with Crippen LogP contribution in [-0.4, -0.2) is 46.9 Å². The van der Waals surface area contributed by atoms with Crippen LogP contribution in [0, 0.1) is 13.8 Å². The maximum absolute atomic E-state index is 12.7. The summed E-state index contributed by atoms with van der Waals surface area (Å²) in [7, 11) is 0. The van der Waals surface area contributed by atoms with Crippen LogP contribution in [0.15, 0.2) is 47.4 Å². The van der Waals surface area contributed by atoms with Gasteiger partial charge in [-0.1, -0.05) is 30.3 Å². The molecule has 1 saturated heterocycles. The molecule has 0 bridgehead atoms. The molecule has 7 nitrogen and oxygen atoms in total. The standard InChI is InChI=1S/C22H21NO6S/c1-14-7-8-15(2)18(11-14)28-10-9-23-21(26)19(30-22(23)27)12-16-5-3-4-6-17(16)29-13-20(24)25/h3-8,11-12H,9-10,13H2,1-2H3,(H,24,25)/b19-12-. The lowest BCUT2D eigenvalue weighted by molar-refractivity contribution is -0.139. The number of hydrogen-bond donors (Lipinski definition) is 1. The molecule has 0 saturated carbocycles. The van der Waals surface area contributed by atoms with Crippen molar-refractivity contribution in [2.45, 2.75) is 13.8 Å². The molecule has 1 aliphatic rings. The van der Waals surface area contributed by atoms with Crippen molar-refractivity contribution in [1.82, 2.24) is 4.90 Å². The Morgan fingerprint density at radius 1 is 1.10 bits per heavy atom. The van der Waals surface area contributed by atoms with Crippen LogP contribution >= 0.6 is 11.8 Å². The molecule has 0 spiro atoms. The number of rotatable bonds is 8. The average Bonchev–Trinajstić information content (AvgIpc) is 2.97. The van der Waals surface area contributed by atoms with Crippen molar-refractivity contribution < 1.29 is 29.0 Å². The van der Waals surface area contributed by atoms with E-state index in [-0.39, 0.29) is 23.3 Å². The van der Waals surface area contributed by atoms with E-state index in [9.17, 15) is 14.4 Å². The third kappa shape index (κ3) is 5.21. The third-order valence-electron chi connectivity index (χ3n) is 4.35. The Balaban J connectivity index is 1.67. The summed E-state index contributed by atoms with van der Waals surface area (Å²) in [6.07, 6.45) is 1.54. The number of carbonyl (C=O) groups is 3. The van der Waals surface area contributed by atoms with Gasteiger partial charge in [0.2, 0.25) is 0 Å². The molecule has 2 aromatic rings. The van der Waals surface area contributed by atoms with E-state index in [2.05, 4.69) is 0 Å². The molecule has 156 valence electrons. The van der Waals surface area contributed by atoms with Gasteiger partial charge in [-0.05, 0) is 54.9 Å². The zero-order valence-electron chi connectivity index (χ0n) is 16.6. The van der Waals surface area contributed by atoms with Gasteiger partial charge in [0.25, 0.3) is 11.1 Å². The number of imide groups is 1. The summed E-state index contributed by atoms with van der Waals surface area (Å²) in [4.78, 5) is 37.1. The average molecular weight is 427 g/mol. The summed E-state index contributed by atoms with van der Waals surface area (Å²) in [5.41, 5.74) is 2.57. The van der Waals surface area contributed by atoms with Gasteiger partial charge in [-0.25, -0.2) is 4.79 Å². The zero-order valence-corrected chi connectivity index (χ0v) is 17.4. The van der Waals surface area contributed by atoms with Crippen molar-refractivity contribution >= 4 is 35.0 Å². The number of para-hydroxylation sites is 1. The minimum atomic E-state index is -1.10. The molecule has 1 aliphatic heterocycles. The molecule has 2 amide bonds. The second-order valence-electron chi connectivity index (χ2n) is 6.67. The van der Waals surface area contributed by atoms with Gasteiger partial charge in [-0.3, -0.25) is 14.5 Å². The molecule has 30 heavy (non-hydrogen) atoms. The number of thioether (sulfide) groups is 1. The highest BCUT2D eigenvalue weighted by atomic mass is 32.2. The van der Waals surface area contributed by atoms with Crippen molar-refractivity contribution in [1.29, 1.82) is 0 Å². The molecule has 0 aromatic heterocycles. The lowest BCUT2D eigenvalue weighted by atomic mass is 10.1. The van der Waals surface area contributed by atoms with Crippen LogP contribution in [0.5, 0.6) is 11.5 Å². The maximum Gasteiger partial charge on any atom is 0.341 e. The van der Waals surface area contributed by atoms with Gasteiger partial charge in [0, 0.05) is 5.56 Å². The Bertz CT molecular complexity index is 1020. The number of carboxylic acid groups (broad SMARTS) is 1. The summed E-state index contributed by atoms with van der Waals surface area (Å²) < 4.78 is 11.0. The van der Waals surface area contributed by atoms with E-state index >= 15 is 0 Å². The summed E-state index contributed by atoms with van der Waals surface area (Å²) in [5.74, 6) is -0.469. The fourth-order valence-corrected chi connectivity index (χ4v) is 3.67. The van der Waals surface area contributed by atoms with Gasteiger partial charge < -0.3 is 14.6 Å². The number of nitrogens with zero attached hydrogens (tertiary/aromatic N) is 1. The highest BCUT2D eigenvalue weighted by molar-refractivity contribution is 8.18. The van der Waals surface area contributed by atoms with Gasteiger partial charge in [-0.15, -0.1) is 0 Å². The van der Waals surface area contributed by atoms with Crippen molar-refractivity contribution in [2.75, 3.05) is 19.8 Å². The van der Waals surface area contributed by atoms with E-state index < -0.39 is 18.5 Å². The van der Waals surface area contributed by atoms with E-state index in [0.717, 1.165) is 33.5 Å². The molecule has 0 radical (unpaired) electrons. The van der Waals surface area contributed by atoms with Crippen LogP contribution < -0.4 is 9.47 Å². The van der Waals surface area contributed by atoms with Crippen LogP contribution in [0.4, 0.5) is 4.79 Å². The van der Waals surface area contributed by atoms with Crippen molar-refractivity contribution in [3.05, 3.63) is 64.1 Å². The first kappa shape index (κ1) is 21.4.